The second kappa shape index (κ2) is 5.90. The predicted octanol–water partition coefficient (Wildman–Crippen LogP) is 0.933. The van der Waals surface area contributed by atoms with Gasteiger partial charge in [-0.2, -0.15) is 0 Å². The summed E-state index contributed by atoms with van der Waals surface area (Å²) in [6, 6.07) is 0. The van der Waals surface area contributed by atoms with Crippen LogP contribution in [0.3, 0.4) is 0 Å². The van der Waals surface area contributed by atoms with E-state index in [0.29, 0.717) is 6.42 Å². The first kappa shape index (κ1) is 12.3. The van der Waals surface area contributed by atoms with Crippen molar-refractivity contribution in [3.05, 3.63) is 12.2 Å². The van der Waals surface area contributed by atoms with Crippen molar-refractivity contribution in [2.75, 3.05) is 0 Å². The van der Waals surface area contributed by atoms with Gasteiger partial charge in [-0.1, -0.05) is 13.5 Å². The van der Waals surface area contributed by atoms with E-state index in [1.165, 1.54) is 6.92 Å². The van der Waals surface area contributed by atoms with Crippen molar-refractivity contribution in [1.82, 2.24) is 0 Å². The molecule has 0 bridgehead atoms. The van der Waals surface area contributed by atoms with Crippen LogP contribution < -0.4 is 0 Å². The number of hydrogen-bond acceptors (Lipinski definition) is 5. The fourth-order valence-electron chi connectivity index (χ4n) is 0.520. The minimum atomic E-state index is -0.894. The molecule has 14 heavy (non-hydrogen) atoms. The van der Waals surface area contributed by atoms with E-state index in [1.54, 1.807) is 6.92 Å². The van der Waals surface area contributed by atoms with Crippen molar-refractivity contribution in [3.8, 4) is 0 Å². The molecule has 0 aliphatic heterocycles. The quantitative estimate of drug-likeness (QED) is 0.292. The summed E-state index contributed by atoms with van der Waals surface area (Å²) >= 11 is 0. The Morgan fingerprint density at radius 2 is 1.79 bits per heavy atom. The molecule has 0 aromatic rings. The molecule has 0 radical (unpaired) electrons. The van der Waals surface area contributed by atoms with Crippen LogP contribution in [0.25, 0.3) is 0 Å². The number of carbonyl (C=O) groups excluding carboxylic acids is 3. The Balaban J connectivity index is 3.83. The molecule has 0 amide bonds. The van der Waals surface area contributed by atoms with E-state index in [1.807, 2.05) is 0 Å². The Labute approximate surface area is 81.6 Å². The monoisotopic (exact) mass is 200 g/mol. The summed E-state index contributed by atoms with van der Waals surface area (Å²) in [7, 11) is 0. The first-order valence-electron chi connectivity index (χ1n) is 4.06. The van der Waals surface area contributed by atoms with Gasteiger partial charge in [-0.15, -0.1) is 0 Å². The zero-order valence-electron chi connectivity index (χ0n) is 8.16. The minimum absolute atomic E-state index is 0.195. The molecule has 0 saturated carbocycles. The molecule has 0 spiro atoms. The molecule has 0 aromatic carbocycles. The third-order valence-corrected chi connectivity index (χ3v) is 1.32. The van der Waals surface area contributed by atoms with E-state index in [9.17, 15) is 14.4 Å². The zero-order chi connectivity index (χ0) is 11.1. The maximum absolute atomic E-state index is 10.9. The van der Waals surface area contributed by atoms with Crippen LogP contribution in [0.1, 0.15) is 26.7 Å². The second-order valence-corrected chi connectivity index (χ2v) is 2.66. The van der Waals surface area contributed by atoms with Gasteiger partial charge in [-0.3, -0.25) is 4.79 Å². The van der Waals surface area contributed by atoms with E-state index in [-0.39, 0.29) is 11.4 Å². The minimum Gasteiger partial charge on any atom is -0.299 e. The van der Waals surface area contributed by atoms with E-state index in [2.05, 4.69) is 16.4 Å². The smallest absolute Gasteiger partial charge is 0.299 e. The number of carbonyl (C=O) groups is 3. The Morgan fingerprint density at radius 1 is 1.21 bits per heavy atom. The van der Waals surface area contributed by atoms with E-state index in [0.717, 1.165) is 0 Å². The van der Waals surface area contributed by atoms with Crippen molar-refractivity contribution < 1.29 is 24.2 Å². The Kier molecular flexibility index (Phi) is 5.21. The largest absolute Gasteiger partial charge is 0.381 e. The molecule has 0 aromatic heterocycles. The number of ketones is 1. The molecule has 5 nitrogen and oxygen atoms in total. The SMILES string of the molecule is C=C(CC)C(=O)OOC(=O)CC(C)=O. The highest BCUT2D eigenvalue weighted by atomic mass is 17.2. The van der Waals surface area contributed by atoms with Gasteiger partial charge in [-0.05, 0) is 13.3 Å². The average molecular weight is 200 g/mol. The van der Waals surface area contributed by atoms with Gasteiger partial charge in [0.15, 0.2) is 0 Å². The van der Waals surface area contributed by atoms with Crippen LogP contribution in [-0.2, 0) is 24.2 Å². The number of rotatable bonds is 4. The Hall–Kier alpha value is -1.65. The first-order chi connectivity index (χ1) is 6.47. The lowest BCUT2D eigenvalue weighted by molar-refractivity contribution is -0.255. The van der Waals surface area contributed by atoms with Crippen molar-refractivity contribution in [2.45, 2.75) is 26.7 Å². The lowest BCUT2D eigenvalue weighted by Gasteiger charge is -2.02. The van der Waals surface area contributed by atoms with Gasteiger partial charge in [0, 0.05) is 5.57 Å². The van der Waals surface area contributed by atoms with Gasteiger partial charge in [0.1, 0.15) is 12.2 Å². The summed E-state index contributed by atoms with van der Waals surface area (Å²) in [4.78, 5) is 40.2. The molecular formula is C9H12O5. The van der Waals surface area contributed by atoms with Crippen LogP contribution in [-0.4, -0.2) is 17.7 Å². The van der Waals surface area contributed by atoms with Gasteiger partial charge in [0.25, 0.3) is 0 Å². The topological polar surface area (TPSA) is 69.7 Å². The summed E-state index contributed by atoms with van der Waals surface area (Å²) in [6.45, 7) is 6.32. The summed E-state index contributed by atoms with van der Waals surface area (Å²) < 4.78 is 0. The molecular weight excluding hydrogens is 188 g/mol. The zero-order valence-corrected chi connectivity index (χ0v) is 8.16. The van der Waals surface area contributed by atoms with Gasteiger partial charge >= 0.3 is 11.9 Å². The van der Waals surface area contributed by atoms with Crippen molar-refractivity contribution in [2.24, 2.45) is 0 Å². The molecule has 5 heteroatoms. The molecule has 0 N–H and O–H groups in total. The molecule has 0 heterocycles. The van der Waals surface area contributed by atoms with Gasteiger partial charge in [0.2, 0.25) is 0 Å². The lowest BCUT2D eigenvalue weighted by Crippen LogP contribution is -2.14. The van der Waals surface area contributed by atoms with Crippen molar-refractivity contribution in [3.63, 3.8) is 0 Å². The van der Waals surface area contributed by atoms with Crippen LogP contribution in [0, 0.1) is 0 Å². The van der Waals surface area contributed by atoms with Crippen molar-refractivity contribution >= 4 is 17.7 Å². The predicted molar refractivity (Wildman–Crippen MR) is 46.9 cm³/mol. The highest BCUT2D eigenvalue weighted by Crippen LogP contribution is 2.00. The maximum Gasteiger partial charge on any atom is 0.381 e. The molecule has 0 atom stereocenters. The van der Waals surface area contributed by atoms with Crippen LogP contribution >= 0.6 is 0 Å². The average Bonchev–Trinajstić information content (AvgIpc) is 2.11. The highest BCUT2D eigenvalue weighted by molar-refractivity contribution is 5.94. The Morgan fingerprint density at radius 3 is 2.21 bits per heavy atom. The Bertz CT molecular complexity index is 266. The van der Waals surface area contributed by atoms with Gasteiger partial charge < -0.3 is 0 Å². The fraction of sp³-hybridized carbons (Fsp3) is 0.444. The van der Waals surface area contributed by atoms with E-state index >= 15 is 0 Å². The fourth-order valence-corrected chi connectivity index (χ4v) is 0.520. The third-order valence-electron chi connectivity index (χ3n) is 1.32. The third kappa shape index (κ3) is 5.08. The molecule has 0 unspecified atom stereocenters. The number of Topliss-reactive ketones (excluding diaryl/α,β-unsaturated/α-hetero) is 1. The molecule has 0 aliphatic rings. The van der Waals surface area contributed by atoms with Crippen LogP contribution in [0.4, 0.5) is 0 Å². The molecule has 0 aliphatic carbocycles. The highest BCUT2D eigenvalue weighted by Gasteiger charge is 2.13. The standard InChI is InChI=1S/C9H12O5/c1-4-6(2)9(12)14-13-8(11)5-7(3)10/h2,4-5H2,1,3H3. The van der Waals surface area contributed by atoms with Gasteiger partial charge in [-0.25, -0.2) is 19.4 Å². The summed E-state index contributed by atoms with van der Waals surface area (Å²) in [5.74, 6) is -2.06. The van der Waals surface area contributed by atoms with Crippen LogP contribution in [0.5, 0.6) is 0 Å². The lowest BCUT2D eigenvalue weighted by atomic mass is 10.2. The number of hydrogen-bond donors (Lipinski definition) is 0. The normalized spacial score (nSPS) is 9.00. The van der Waals surface area contributed by atoms with Crippen LogP contribution in [0.15, 0.2) is 12.2 Å². The van der Waals surface area contributed by atoms with Crippen molar-refractivity contribution in [1.29, 1.82) is 0 Å². The van der Waals surface area contributed by atoms with E-state index < -0.39 is 18.4 Å². The maximum atomic E-state index is 10.9. The summed E-state index contributed by atoms with van der Waals surface area (Å²) in [5.41, 5.74) is 0.195. The first-order valence-corrected chi connectivity index (χ1v) is 4.06. The molecule has 0 rings (SSSR count). The van der Waals surface area contributed by atoms with Gasteiger partial charge in [0.05, 0.1) is 0 Å². The molecule has 78 valence electrons. The second-order valence-electron chi connectivity index (χ2n) is 2.66. The summed E-state index contributed by atoms with van der Waals surface area (Å²) in [5, 5.41) is 0. The molecule has 0 fully saturated rings. The molecule has 0 saturated heterocycles. The van der Waals surface area contributed by atoms with E-state index in [4.69, 9.17) is 0 Å². The van der Waals surface area contributed by atoms with Crippen LogP contribution in [0.2, 0.25) is 0 Å². The summed E-state index contributed by atoms with van der Waals surface area (Å²) in [6.07, 6.45) is -0.00499.